The summed E-state index contributed by atoms with van der Waals surface area (Å²) < 4.78 is 1.75. The van der Waals surface area contributed by atoms with Gasteiger partial charge < -0.3 is 9.88 Å². The summed E-state index contributed by atoms with van der Waals surface area (Å²) >= 11 is 5.89. The molecule has 20 heavy (non-hydrogen) atoms. The molecule has 6 heteroatoms. The summed E-state index contributed by atoms with van der Waals surface area (Å²) in [6.07, 6.45) is 0. The van der Waals surface area contributed by atoms with Crippen molar-refractivity contribution in [1.82, 2.24) is 14.9 Å². The summed E-state index contributed by atoms with van der Waals surface area (Å²) in [5.74, 6) is 0.731. The van der Waals surface area contributed by atoms with Crippen molar-refractivity contribution < 1.29 is 4.79 Å². The van der Waals surface area contributed by atoms with Crippen molar-refractivity contribution >= 4 is 28.5 Å². The molecule has 1 N–H and O–H groups in total. The highest BCUT2D eigenvalue weighted by molar-refractivity contribution is 6.16. The van der Waals surface area contributed by atoms with Gasteiger partial charge in [0, 0.05) is 6.04 Å². The standard InChI is InChI=1S/C14H15ClN4O/c1-9(2)17-14(20)8-19-12-5-10(7-16)3-4-11(12)18-13(19)6-15/h3-5,9H,6,8H2,1-2H3,(H,17,20). The third-order valence-electron chi connectivity index (χ3n) is 2.83. The van der Waals surface area contributed by atoms with E-state index in [2.05, 4.69) is 16.4 Å². The van der Waals surface area contributed by atoms with E-state index in [-0.39, 0.29) is 24.4 Å². The molecule has 0 spiro atoms. The summed E-state index contributed by atoms with van der Waals surface area (Å²) in [4.78, 5) is 16.3. The minimum absolute atomic E-state index is 0.0754. The molecular weight excluding hydrogens is 276 g/mol. The Morgan fingerprint density at radius 3 is 2.90 bits per heavy atom. The van der Waals surface area contributed by atoms with E-state index in [4.69, 9.17) is 16.9 Å². The van der Waals surface area contributed by atoms with Crippen molar-refractivity contribution in [2.45, 2.75) is 32.3 Å². The minimum Gasteiger partial charge on any atom is -0.352 e. The Kier molecular flexibility index (Phi) is 4.26. The maximum Gasteiger partial charge on any atom is 0.240 e. The maximum atomic E-state index is 11.9. The fraction of sp³-hybridized carbons (Fsp3) is 0.357. The van der Waals surface area contributed by atoms with Gasteiger partial charge in [-0.3, -0.25) is 4.79 Å². The van der Waals surface area contributed by atoms with Crippen LogP contribution in [0.4, 0.5) is 0 Å². The van der Waals surface area contributed by atoms with Gasteiger partial charge in [-0.2, -0.15) is 5.26 Å². The van der Waals surface area contributed by atoms with Gasteiger partial charge in [-0.15, -0.1) is 11.6 Å². The molecule has 0 saturated carbocycles. The molecule has 0 radical (unpaired) electrons. The normalized spacial score (nSPS) is 10.8. The first kappa shape index (κ1) is 14.4. The summed E-state index contributed by atoms with van der Waals surface area (Å²) in [7, 11) is 0. The molecule has 0 bridgehead atoms. The number of amides is 1. The molecule has 2 aromatic rings. The molecule has 0 aliphatic heterocycles. The van der Waals surface area contributed by atoms with Crippen LogP contribution in [0.15, 0.2) is 18.2 Å². The van der Waals surface area contributed by atoms with Crippen molar-refractivity contribution in [3.8, 4) is 6.07 Å². The van der Waals surface area contributed by atoms with Gasteiger partial charge in [0.2, 0.25) is 5.91 Å². The van der Waals surface area contributed by atoms with E-state index in [0.717, 1.165) is 11.0 Å². The van der Waals surface area contributed by atoms with Gasteiger partial charge in [-0.05, 0) is 32.0 Å². The largest absolute Gasteiger partial charge is 0.352 e. The number of alkyl halides is 1. The van der Waals surface area contributed by atoms with Crippen molar-refractivity contribution in [3.05, 3.63) is 29.6 Å². The molecule has 0 aliphatic rings. The van der Waals surface area contributed by atoms with Crippen LogP contribution in [0.1, 0.15) is 25.2 Å². The lowest BCUT2D eigenvalue weighted by atomic mass is 10.2. The Hall–Kier alpha value is -2.06. The number of imidazole rings is 1. The Morgan fingerprint density at radius 1 is 1.55 bits per heavy atom. The maximum absolute atomic E-state index is 11.9. The zero-order valence-electron chi connectivity index (χ0n) is 11.4. The molecule has 0 fully saturated rings. The molecule has 1 heterocycles. The van der Waals surface area contributed by atoms with Crippen LogP contribution in [0.5, 0.6) is 0 Å². The van der Waals surface area contributed by atoms with Crippen LogP contribution in [0, 0.1) is 11.3 Å². The average Bonchev–Trinajstić information content (AvgIpc) is 2.75. The van der Waals surface area contributed by atoms with Crippen LogP contribution in [0.2, 0.25) is 0 Å². The molecule has 0 aliphatic carbocycles. The van der Waals surface area contributed by atoms with Gasteiger partial charge in [0.1, 0.15) is 12.4 Å². The Labute approximate surface area is 122 Å². The zero-order chi connectivity index (χ0) is 14.7. The average molecular weight is 291 g/mol. The second-order valence-corrected chi connectivity index (χ2v) is 5.05. The van der Waals surface area contributed by atoms with Gasteiger partial charge in [0.05, 0.1) is 28.5 Å². The molecule has 5 nitrogen and oxygen atoms in total. The number of hydrogen-bond acceptors (Lipinski definition) is 3. The first-order chi connectivity index (χ1) is 9.55. The third-order valence-corrected chi connectivity index (χ3v) is 3.07. The van der Waals surface area contributed by atoms with Gasteiger partial charge in [-0.1, -0.05) is 0 Å². The minimum atomic E-state index is -0.104. The SMILES string of the molecule is CC(C)NC(=O)Cn1c(CCl)nc2ccc(C#N)cc21. The highest BCUT2D eigenvalue weighted by atomic mass is 35.5. The van der Waals surface area contributed by atoms with Crippen LogP contribution >= 0.6 is 11.6 Å². The molecule has 1 amide bonds. The van der Waals surface area contributed by atoms with Crippen LogP contribution in [-0.2, 0) is 17.2 Å². The number of rotatable bonds is 4. The van der Waals surface area contributed by atoms with Crippen molar-refractivity contribution in [1.29, 1.82) is 5.26 Å². The number of hydrogen-bond donors (Lipinski definition) is 1. The highest BCUT2D eigenvalue weighted by Gasteiger charge is 2.14. The highest BCUT2D eigenvalue weighted by Crippen LogP contribution is 2.19. The zero-order valence-corrected chi connectivity index (χ0v) is 12.1. The molecule has 2 rings (SSSR count). The van der Waals surface area contributed by atoms with Gasteiger partial charge in [-0.25, -0.2) is 4.98 Å². The molecule has 0 atom stereocenters. The number of carbonyl (C=O) groups is 1. The first-order valence-electron chi connectivity index (χ1n) is 6.29. The molecule has 1 aromatic carbocycles. The second kappa shape index (κ2) is 5.93. The monoisotopic (exact) mass is 290 g/mol. The topological polar surface area (TPSA) is 70.7 Å². The number of nitrogens with zero attached hydrogens (tertiary/aromatic N) is 3. The number of fused-ring (bicyclic) bond motifs is 1. The van der Waals surface area contributed by atoms with Crippen molar-refractivity contribution in [3.63, 3.8) is 0 Å². The van der Waals surface area contributed by atoms with Crippen LogP contribution in [-0.4, -0.2) is 21.5 Å². The van der Waals surface area contributed by atoms with E-state index in [1.807, 2.05) is 13.8 Å². The third kappa shape index (κ3) is 2.91. The molecule has 0 unspecified atom stereocenters. The number of halogens is 1. The number of carbonyl (C=O) groups excluding carboxylic acids is 1. The summed E-state index contributed by atoms with van der Waals surface area (Å²) in [5.41, 5.74) is 2.01. The van der Waals surface area contributed by atoms with E-state index < -0.39 is 0 Å². The Balaban J connectivity index is 2.44. The fourth-order valence-corrected chi connectivity index (χ4v) is 2.24. The van der Waals surface area contributed by atoms with Gasteiger partial charge in [0.15, 0.2) is 0 Å². The predicted molar refractivity (Wildman–Crippen MR) is 77.3 cm³/mol. The Morgan fingerprint density at radius 2 is 2.30 bits per heavy atom. The lowest BCUT2D eigenvalue weighted by molar-refractivity contribution is -0.122. The van der Waals surface area contributed by atoms with E-state index in [9.17, 15) is 4.79 Å². The van der Waals surface area contributed by atoms with Crippen molar-refractivity contribution in [2.75, 3.05) is 0 Å². The number of nitrogens with one attached hydrogen (secondary N) is 1. The van der Waals surface area contributed by atoms with Crippen molar-refractivity contribution in [2.24, 2.45) is 0 Å². The molecule has 1 aromatic heterocycles. The summed E-state index contributed by atoms with van der Waals surface area (Å²) in [5, 5.41) is 11.8. The lowest BCUT2D eigenvalue weighted by Crippen LogP contribution is -2.33. The number of benzene rings is 1. The Bertz CT molecular complexity index is 684. The number of nitriles is 1. The van der Waals surface area contributed by atoms with Crippen LogP contribution in [0.25, 0.3) is 11.0 Å². The molecule has 104 valence electrons. The quantitative estimate of drug-likeness (QED) is 0.877. The van der Waals surface area contributed by atoms with Crippen LogP contribution in [0.3, 0.4) is 0 Å². The van der Waals surface area contributed by atoms with E-state index >= 15 is 0 Å². The fourth-order valence-electron chi connectivity index (χ4n) is 2.03. The summed E-state index contributed by atoms with van der Waals surface area (Å²) in [6.45, 7) is 3.95. The number of aromatic nitrogens is 2. The lowest BCUT2D eigenvalue weighted by Gasteiger charge is -2.11. The van der Waals surface area contributed by atoms with E-state index in [1.165, 1.54) is 0 Å². The van der Waals surface area contributed by atoms with Crippen LogP contribution < -0.4 is 5.32 Å². The molecular formula is C14H15ClN4O. The predicted octanol–water partition coefficient (Wildman–Crippen LogP) is 2.17. The second-order valence-electron chi connectivity index (χ2n) is 4.79. The summed E-state index contributed by atoms with van der Waals surface area (Å²) in [6, 6.07) is 7.35. The first-order valence-corrected chi connectivity index (χ1v) is 6.83. The van der Waals surface area contributed by atoms with Gasteiger partial charge in [0.25, 0.3) is 0 Å². The van der Waals surface area contributed by atoms with E-state index in [0.29, 0.717) is 11.4 Å². The molecule has 0 saturated heterocycles. The van der Waals surface area contributed by atoms with Gasteiger partial charge >= 0.3 is 0 Å². The smallest absolute Gasteiger partial charge is 0.240 e. The van der Waals surface area contributed by atoms with E-state index in [1.54, 1.807) is 22.8 Å².